The van der Waals surface area contributed by atoms with Crippen molar-refractivity contribution in [2.24, 2.45) is 13.0 Å². The van der Waals surface area contributed by atoms with Crippen LogP contribution >= 0.6 is 0 Å². The minimum absolute atomic E-state index is 0.133. The lowest BCUT2D eigenvalue weighted by atomic mass is 9.95. The average Bonchev–Trinajstić information content (AvgIpc) is 4.00. The van der Waals surface area contributed by atoms with Gasteiger partial charge >= 0.3 is 0 Å². The van der Waals surface area contributed by atoms with Gasteiger partial charge in [0.25, 0.3) is 0 Å². The van der Waals surface area contributed by atoms with E-state index in [1.807, 2.05) is 73.5 Å². The molecule has 6 aromatic rings. The Morgan fingerprint density at radius 1 is 0.743 bits per heavy atom. The van der Waals surface area contributed by atoms with Crippen LogP contribution in [0, 0.1) is 12.8 Å². The fourth-order valence-electron chi connectivity index (χ4n) is 9.10. The summed E-state index contributed by atoms with van der Waals surface area (Å²) in [6.07, 6.45) is 8.81. The Bertz CT molecular complexity index is 2630. The molecule has 0 bridgehead atoms. The number of anilines is 2. The lowest BCUT2D eigenvalue weighted by Crippen LogP contribution is -2.37. The summed E-state index contributed by atoms with van der Waals surface area (Å²) in [4.78, 5) is 29.8. The molecule has 6 heterocycles. The summed E-state index contributed by atoms with van der Waals surface area (Å²) < 4.78 is 27.6. The number of benzene rings is 2. The number of aliphatic hydroxyl groups is 2. The van der Waals surface area contributed by atoms with Gasteiger partial charge in [-0.05, 0) is 88.9 Å². The van der Waals surface area contributed by atoms with E-state index in [1.54, 1.807) is 14.1 Å². The number of hydrogen-bond donors (Lipinski definition) is 4. The Kier molecular flexibility index (Phi) is 17.1. The topological polar surface area (TPSA) is 195 Å². The van der Waals surface area contributed by atoms with E-state index in [9.17, 15) is 10.2 Å². The van der Waals surface area contributed by atoms with Crippen LogP contribution in [-0.4, -0.2) is 155 Å². The van der Waals surface area contributed by atoms with Crippen molar-refractivity contribution in [3.05, 3.63) is 84.6 Å². The third-order valence-electron chi connectivity index (χ3n) is 13.3. The quantitative estimate of drug-likeness (QED) is 0.0693. The van der Waals surface area contributed by atoms with Crippen LogP contribution in [0.5, 0.6) is 11.5 Å². The first kappa shape index (κ1) is 50.4. The third kappa shape index (κ3) is 12.6. The van der Waals surface area contributed by atoms with Crippen molar-refractivity contribution in [2.75, 3.05) is 90.7 Å². The molecule has 0 spiro atoms. The maximum absolute atomic E-state index is 10.5. The van der Waals surface area contributed by atoms with Crippen LogP contribution in [0.2, 0.25) is 0 Å². The monoisotopic (exact) mass is 959 g/mol. The van der Waals surface area contributed by atoms with Gasteiger partial charge in [0.2, 0.25) is 0 Å². The van der Waals surface area contributed by atoms with E-state index < -0.39 is 12.2 Å². The van der Waals surface area contributed by atoms with Crippen LogP contribution in [0.25, 0.3) is 45.4 Å². The number of aliphatic hydroxyl groups excluding tert-OH is 2. The van der Waals surface area contributed by atoms with E-state index in [1.165, 1.54) is 0 Å². The van der Waals surface area contributed by atoms with Gasteiger partial charge in [-0.1, -0.05) is 25.1 Å². The molecule has 3 unspecified atom stereocenters. The molecule has 0 aliphatic carbocycles. The molecule has 70 heavy (non-hydrogen) atoms. The second kappa shape index (κ2) is 23.7. The lowest BCUT2D eigenvalue weighted by molar-refractivity contribution is 0.0852. The number of hydrogen-bond acceptors (Lipinski definition) is 16. The van der Waals surface area contributed by atoms with Gasteiger partial charge in [0.05, 0.1) is 29.5 Å². The van der Waals surface area contributed by atoms with Gasteiger partial charge in [0.1, 0.15) is 54.4 Å². The molecule has 0 radical (unpaired) electrons. The minimum Gasteiger partial charge on any atom is -0.491 e. The van der Waals surface area contributed by atoms with Gasteiger partial charge in [0.15, 0.2) is 11.6 Å². The predicted octanol–water partition coefficient (Wildman–Crippen LogP) is 5.20. The van der Waals surface area contributed by atoms with E-state index in [-0.39, 0.29) is 31.2 Å². The summed E-state index contributed by atoms with van der Waals surface area (Å²) in [7, 11) is 9.80. The van der Waals surface area contributed by atoms with Crippen molar-refractivity contribution in [3.8, 4) is 56.9 Å². The summed E-state index contributed by atoms with van der Waals surface area (Å²) in [5.74, 6) is 5.05. The number of nitrogens with one attached hydrogen (secondary N) is 2. The highest BCUT2D eigenvalue weighted by Crippen LogP contribution is 2.34. The molecule has 0 saturated carbocycles. The molecule has 2 aliphatic rings. The molecule has 2 aromatic carbocycles. The van der Waals surface area contributed by atoms with Crippen LogP contribution in [0.1, 0.15) is 44.0 Å². The molecule has 18 heteroatoms. The van der Waals surface area contributed by atoms with Gasteiger partial charge in [-0.15, -0.1) is 0 Å². The van der Waals surface area contributed by atoms with Crippen LogP contribution < -0.4 is 29.9 Å². The first-order valence-corrected chi connectivity index (χ1v) is 24.5. The Labute approximate surface area is 411 Å². The summed E-state index contributed by atoms with van der Waals surface area (Å²) >= 11 is 0. The molecular weight excluding hydrogens is 889 g/mol. The third-order valence-corrected chi connectivity index (χ3v) is 13.3. The second-order valence-electron chi connectivity index (χ2n) is 18.7. The van der Waals surface area contributed by atoms with E-state index >= 15 is 0 Å². The van der Waals surface area contributed by atoms with Crippen molar-refractivity contribution in [1.29, 1.82) is 0 Å². The number of rotatable bonds is 22. The number of likely N-dealkylation sites (N-methyl/N-ethyl adjacent to an activating group) is 2. The highest BCUT2D eigenvalue weighted by atomic mass is 16.5. The minimum atomic E-state index is -0.673. The molecule has 2 aliphatic heterocycles. The predicted molar refractivity (Wildman–Crippen MR) is 271 cm³/mol. The van der Waals surface area contributed by atoms with Gasteiger partial charge in [0, 0.05) is 114 Å². The molecule has 3 atom stereocenters. The molecular formula is C52H70N12O6. The summed E-state index contributed by atoms with van der Waals surface area (Å²) in [6.45, 7) is 8.82. The van der Waals surface area contributed by atoms with Crippen molar-refractivity contribution in [1.82, 2.24) is 49.9 Å². The first-order chi connectivity index (χ1) is 34.0. The summed E-state index contributed by atoms with van der Waals surface area (Å²) in [5.41, 5.74) is 6.02. The van der Waals surface area contributed by atoms with E-state index in [0.29, 0.717) is 75.6 Å². The molecule has 18 nitrogen and oxygen atoms in total. The van der Waals surface area contributed by atoms with Crippen molar-refractivity contribution >= 4 is 11.6 Å². The Morgan fingerprint density at radius 2 is 1.34 bits per heavy atom. The zero-order chi connectivity index (χ0) is 49.1. The molecule has 8 rings (SSSR count). The molecule has 2 fully saturated rings. The second-order valence-corrected chi connectivity index (χ2v) is 18.7. The smallest absolute Gasteiger partial charge is 0.162 e. The van der Waals surface area contributed by atoms with Crippen molar-refractivity contribution in [2.45, 2.75) is 76.8 Å². The maximum atomic E-state index is 10.5. The SMILES string of the molecule is CNCC(O)COc1cccc(-c2nc(-c3cnn(CC(C)Cc4ccc(OCC(O)CNC)cc4-c4nc(-c5cnc(C)n5C)cc(N(C)C5CCOCC5)n4)c3)cc(N(C)C3CCOCC3)n2)c1. The number of nitrogens with zero attached hydrogens (tertiary/aromatic N) is 10. The number of ether oxygens (including phenoxy) is 4. The van der Waals surface area contributed by atoms with Crippen molar-refractivity contribution in [3.63, 3.8) is 0 Å². The number of imidazole rings is 1. The highest BCUT2D eigenvalue weighted by Gasteiger charge is 2.25. The van der Waals surface area contributed by atoms with Gasteiger partial charge in [-0.3, -0.25) is 4.68 Å². The fraction of sp³-hybridized carbons (Fsp3) is 0.500. The average molecular weight is 959 g/mol. The van der Waals surface area contributed by atoms with E-state index in [0.717, 1.165) is 82.5 Å². The zero-order valence-corrected chi connectivity index (χ0v) is 41.7. The largest absolute Gasteiger partial charge is 0.491 e. The van der Waals surface area contributed by atoms with Crippen LogP contribution in [0.3, 0.4) is 0 Å². The Hall–Kier alpha value is -6.02. The standard InChI is InChI=1S/C52H70N12O6/c1-34(30-64-31-38(26-56-64)46-24-49(62(6)39-13-17-67-18-14-39)59-51(57-46)37-9-8-10-43(22-37)69-32-41(65)27-53-3)21-36-11-12-44(70-33-42(66)28-54-4)23-45(36)52-58-47(48-29-55-35(2)61(48)5)25-50(60-52)63(7)40-15-19-68-20-16-40/h8-12,22-26,29,31,34,39-42,53-54,65-66H,13-21,27-28,30,32-33H2,1-7H3. The number of aryl methyl sites for hydroxylation is 1. The molecule has 2 saturated heterocycles. The molecule has 4 N–H and O–H groups in total. The van der Waals surface area contributed by atoms with Gasteiger partial charge in [-0.25, -0.2) is 24.9 Å². The van der Waals surface area contributed by atoms with Crippen LogP contribution in [0.15, 0.2) is 73.2 Å². The van der Waals surface area contributed by atoms with E-state index in [4.69, 9.17) is 44.0 Å². The Morgan fingerprint density at radius 3 is 1.96 bits per heavy atom. The van der Waals surface area contributed by atoms with Gasteiger partial charge < -0.3 is 54.2 Å². The molecule has 374 valence electrons. The molecule has 0 amide bonds. The molecule has 4 aromatic heterocycles. The lowest BCUT2D eigenvalue weighted by Gasteiger charge is -2.32. The first-order valence-electron chi connectivity index (χ1n) is 24.5. The van der Waals surface area contributed by atoms with Crippen molar-refractivity contribution < 1.29 is 29.2 Å². The number of aromatic nitrogens is 8. The fourth-order valence-corrected chi connectivity index (χ4v) is 9.10. The van der Waals surface area contributed by atoms with Crippen LogP contribution in [0.4, 0.5) is 11.6 Å². The van der Waals surface area contributed by atoms with Gasteiger partial charge in [-0.2, -0.15) is 5.10 Å². The highest BCUT2D eigenvalue weighted by molar-refractivity contribution is 5.70. The maximum Gasteiger partial charge on any atom is 0.162 e. The summed E-state index contributed by atoms with van der Waals surface area (Å²) in [5, 5.41) is 31.7. The van der Waals surface area contributed by atoms with Crippen LogP contribution in [-0.2, 0) is 29.5 Å². The zero-order valence-electron chi connectivity index (χ0n) is 41.7. The van der Waals surface area contributed by atoms with E-state index in [2.05, 4.69) is 69.3 Å². The summed E-state index contributed by atoms with van der Waals surface area (Å²) in [6, 6.07) is 18.4. The normalized spacial score (nSPS) is 16.0. The Balaban J connectivity index is 1.09.